The van der Waals surface area contributed by atoms with Crippen molar-refractivity contribution in [2.45, 2.75) is 77.8 Å². The van der Waals surface area contributed by atoms with Gasteiger partial charge in [0.15, 0.2) is 0 Å². The van der Waals surface area contributed by atoms with Gasteiger partial charge in [-0.05, 0) is 51.2 Å². The maximum absolute atomic E-state index is 11.9. The number of ether oxygens (including phenoxy) is 2. The van der Waals surface area contributed by atoms with Crippen molar-refractivity contribution in [3.63, 3.8) is 0 Å². The molecule has 1 fully saturated rings. The number of rotatable bonds is 6. The summed E-state index contributed by atoms with van der Waals surface area (Å²) in [4.78, 5) is 11.9. The van der Waals surface area contributed by atoms with E-state index >= 15 is 0 Å². The van der Waals surface area contributed by atoms with Crippen LogP contribution in [0.25, 0.3) is 0 Å². The lowest BCUT2D eigenvalue weighted by Gasteiger charge is -2.30. The first kappa shape index (κ1) is 19.7. The zero-order valence-electron chi connectivity index (χ0n) is 15.9. The van der Waals surface area contributed by atoms with Gasteiger partial charge in [-0.3, -0.25) is 0 Å². The quantitative estimate of drug-likeness (QED) is 0.822. The van der Waals surface area contributed by atoms with Crippen LogP contribution in [0.4, 0.5) is 4.79 Å². The molecule has 1 heterocycles. The highest BCUT2D eigenvalue weighted by Crippen LogP contribution is 2.17. The summed E-state index contributed by atoms with van der Waals surface area (Å²) < 4.78 is 11.0. The summed E-state index contributed by atoms with van der Waals surface area (Å²) in [5, 5.41) is 6.49. The van der Waals surface area contributed by atoms with E-state index in [4.69, 9.17) is 9.47 Å². The van der Waals surface area contributed by atoms with E-state index in [0.717, 1.165) is 38.0 Å². The van der Waals surface area contributed by atoms with E-state index in [1.165, 1.54) is 5.56 Å². The summed E-state index contributed by atoms with van der Waals surface area (Å²) >= 11 is 0. The van der Waals surface area contributed by atoms with E-state index in [0.29, 0.717) is 18.7 Å². The molecule has 0 aliphatic carbocycles. The lowest BCUT2D eigenvalue weighted by Crippen LogP contribution is -2.38. The second-order valence-electron chi connectivity index (χ2n) is 7.63. The average molecular weight is 348 g/mol. The van der Waals surface area contributed by atoms with Gasteiger partial charge in [-0.15, -0.1) is 0 Å². The fraction of sp³-hybridized carbons (Fsp3) is 0.650. The molecule has 1 aromatic carbocycles. The zero-order valence-corrected chi connectivity index (χ0v) is 15.9. The van der Waals surface area contributed by atoms with Crippen molar-refractivity contribution < 1.29 is 14.3 Å². The van der Waals surface area contributed by atoms with Gasteiger partial charge < -0.3 is 20.1 Å². The molecule has 5 heteroatoms. The Hall–Kier alpha value is -1.59. The molecular weight excluding hydrogens is 316 g/mol. The molecule has 2 N–H and O–H groups in total. The Kier molecular flexibility index (Phi) is 7.26. The van der Waals surface area contributed by atoms with Gasteiger partial charge in [0.25, 0.3) is 0 Å². The van der Waals surface area contributed by atoms with E-state index in [2.05, 4.69) is 23.6 Å². The van der Waals surface area contributed by atoms with E-state index in [1.807, 2.05) is 39.0 Å². The number of alkyl carbamates (subject to hydrolysis) is 1. The molecule has 0 saturated carbocycles. The minimum atomic E-state index is -0.482. The Morgan fingerprint density at radius 2 is 1.92 bits per heavy atom. The summed E-state index contributed by atoms with van der Waals surface area (Å²) in [7, 11) is 0. The Bertz CT molecular complexity index is 554. The molecular formula is C20H32N2O3. The number of benzene rings is 1. The molecule has 2 rings (SSSR count). The number of carbonyl (C=O) groups excluding carboxylic acids is 1. The SMILES string of the molecule is CCC1CC(NCc2ccccc2CNC(=O)OC(C)(C)C)CCO1. The maximum Gasteiger partial charge on any atom is 0.407 e. The molecule has 5 nitrogen and oxygen atoms in total. The minimum absolute atomic E-state index is 0.371. The van der Waals surface area contributed by atoms with Gasteiger partial charge >= 0.3 is 6.09 Å². The lowest BCUT2D eigenvalue weighted by atomic mass is 10.0. The number of nitrogens with one attached hydrogen (secondary N) is 2. The van der Waals surface area contributed by atoms with Gasteiger partial charge in [0.2, 0.25) is 0 Å². The minimum Gasteiger partial charge on any atom is -0.444 e. The molecule has 0 aromatic heterocycles. The molecule has 140 valence electrons. The molecule has 1 saturated heterocycles. The predicted octanol–water partition coefficient (Wildman–Crippen LogP) is 3.76. The predicted molar refractivity (Wildman–Crippen MR) is 99.4 cm³/mol. The topological polar surface area (TPSA) is 59.6 Å². The molecule has 2 atom stereocenters. The third-order valence-electron chi connectivity index (χ3n) is 4.34. The lowest BCUT2D eigenvalue weighted by molar-refractivity contribution is -0.000337. The van der Waals surface area contributed by atoms with Crippen molar-refractivity contribution >= 4 is 6.09 Å². The third-order valence-corrected chi connectivity index (χ3v) is 4.34. The fourth-order valence-electron chi connectivity index (χ4n) is 2.99. The van der Waals surface area contributed by atoms with Crippen LogP contribution < -0.4 is 10.6 Å². The first-order valence-corrected chi connectivity index (χ1v) is 9.26. The van der Waals surface area contributed by atoms with Crippen molar-refractivity contribution in [2.75, 3.05) is 6.61 Å². The Morgan fingerprint density at radius 3 is 2.56 bits per heavy atom. The van der Waals surface area contributed by atoms with Crippen LogP contribution in [0.1, 0.15) is 58.1 Å². The van der Waals surface area contributed by atoms with E-state index in [9.17, 15) is 4.79 Å². The van der Waals surface area contributed by atoms with Gasteiger partial charge in [0, 0.05) is 25.7 Å². The maximum atomic E-state index is 11.9. The van der Waals surface area contributed by atoms with Crippen LogP contribution in [0.5, 0.6) is 0 Å². The number of amides is 1. The van der Waals surface area contributed by atoms with Crippen molar-refractivity contribution in [2.24, 2.45) is 0 Å². The average Bonchev–Trinajstić information content (AvgIpc) is 2.57. The van der Waals surface area contributed by atoms with E-state index < -0.39 is 5.60 Å². The first-order chi connectivity index (χ1) is 11.9. The van der Waals surface area contributed by atoms with Crippen LogP contribution in [-0.2, 0) is 22.6 Å². The molecule has 0 radical (unpaired) electrons. The van der Waals surface area contributed by atoms with Crippen LogP contribution >= 0.6 is 0 Å². The van der Waals surface area contributed by atoms with Gasteiger partial charge in [-0.2, -0.15) is 0 Å². The summed E-state index contributed by atoms with van der Waals surface area (Å²) in [5.41, 5.74) is 1.84. The Balaban J connectivity index is 1.86. The monoisotopic (exact) mass is 348 g/mol. The highest BCUT2D eigenvalue weighted by Gasteiger charge is 2.21. The molecule has 25 heavy (non-hydrogen) atoms. The highest BCUT2D eigenvalue weighted by molar-refractivity contribution is 5.67. The second kappa shape index (κ2) is 9.20. The van der Waals surface area contributed by atoms with Crippen LogP contribution in [0.15, 0.2) is 24.3 Å². The molecule has 1 amide bonds. The second-order valence-corrected chi connectivity index (χ2v) is 7.63. The molecule has 0 bridgehead atoms. The van der Waals surface area contributed by atoms with E-state index in [1.54, 1.807) is 0 Å². The normalized spacial score (nSPS) is 21.0. The fourth-order valence-corrected chi connectivity index (χ4v) is 2.99. The molecule has 1 aliphatic heterocycles. The molecule has 2 unspecified atom stereocenters. The molecule has 0 spiro atoms. The van der Waals surface area contributed by atoms with Crippen molar-refractivity contribution in [3.8, 4) is 0 Å². The summed E-state index contributed by atoms with van der Waals surface area (Å²) in [6, 6.07) is 8.68. The van der Waals surface area contributed by atoms with E-state index in [-0.39, 0.29) is 6.09 Å². The third kappa shape index (κ3) is 7.04. The van der Waals surface area contributed by atoms with Crippen molar-refractivity contribution in [1.82, 2.24) is 10.6 Å². The van der Waals surface area contributed by atoms with Crippen molar-refractivity contribution in [3.05, 3.63) is 35.4 Å². The van der Waals surface area contributed by atoms with Crippen LogP contribution in [-0.4, -0.2) is 30.4 Å². The van der Waals surface area contributed by atoms with Gasteiger partial charge in [0.05, 0.1) is 6.10 Å². The summed E-state index contributed by atoms with van der Waals surface area (Å²) in [6.07, 6.45) is 3.17. The smallest absolute Gasteiger partial charge is 0.407 e. The van der Waals surface area contributed by atoms with Gasteiger partial charge in [0.1, 0.15) is 5.60 Å². The molecule has 1 aromatic rings. The standard InChI is InChI=1S/C20H32N2O3/c1-5-18-12-17(10-11-24-18)21-13-15-8-6-7-9-16(15)14-22-19(23)25-20(2,3)4/h6-9,17-18,21H,5,10-14H2,1-4H3,(H,22,23). The summed E-state index contributed by atoms with van der Waals surface area (Å²) in [5.74, 6) is 0. The number of hydrogen-bond donors (Lipinski definition) is 2. The molecule has 1 aliphatic rings. The van der Waals surface area contributed by atoms with Crippen LogP contribution in [0.3, 0.4) is 0 Å². The Labute approximate surface area is 151 Å². The van der Waals surface area contributed by atoms with Crippen molar-refractivity contribution in [1.29, 1.82) is 0 Å². The first-order valence-electron chi connectivity index (χ1n) is 9.26. The summed E-state index contributed by atoms with van der Waals surface area (Å²) in [6.45, 7) is 9.86. The number of hydrogen-bond acceptors (Lipinski definition) is 4. The van der Waals surface area contributed by atoms with Gasteiger partial charge in [-0.25, -0.2) is 4.79 Å². The largest absolute Gasteiger partial charge is 0.444 e. The van der Waals surface area contributed by atoms with Gasteiger partial charge in [-0.1, -0.05) is 31.2 Å². The van der Waals surface area contributed by atoms with Crippen LogP contribution in [0, 0.1) is 0 Å². The Morgan fingerprint density at radius 1 is 1.24 bits per heavy atom. The number of carbonyl (C=O) groups is 1. The van der Waals surface area contributed by atoms with Crippen LogP contribution in [0.2, 0.25) is 0 Å². The zero-order chi connectivity index (χ0) is 18.3. The highest BCUT2D eigenvalue weighted by atomic mass is 16.6.